The molecule has 0 aliphatic carbocycles. The summed E-state index contributed by atoms with van der Waals surface area (Å²) in [5, 5.41) is 6.09. The number of carbonyl (C=O) groups is 1. The third kappa shape index (κ3) is 4.98. The summed E-state index contributed by atoms with van der Waals surface area (Å²) >= 11 is 5.27. The Morgan fingerprint density at radius 1 is 1.00 bits per heavy atom. The van der Waals surface area contributed by atoms with E-state index in [9.17, 15) is 4.79 Å². The number of fused-ring (bicyclic) bond motifs is 1. The lowest BCUT2D eigenvalue weighted by Crippen LogP contribution is -2.38. The number of hydrogen-bond acceptors (Lipinski definition) is 4. The first-order valence-corrected chi connectivity index (χ1v) is 10.5. The van der Waals surface area contributed by atoms with Gasteiger partial charge < -0.3 is 9.73 Å². The lowest BCUT2D eigenvalue weighted by molar-refractivity contribution is 0.0976. The fourth-order valence-electron chi connectivity index (χ4n) is 3.18. The largest absolute Gasteiger partial charge is 0.436 e. The van der Waals surface area contributed by atoms with Gasteiger partial charge in [-0.15, -0.1) is 0 Å². The number of carbonyl (C=O) groups excluding carboxylic acids is 1. The highest BCUT2D eigenvalue weighted by Crippen LogP contribution is 2.24. The Morgan fingerprint density at radius 2 is 1.71 bits per heavy atom. The van der Waals surface area contributed by atoms with Gasteiger partial charge in [-0.3, -0.25) is 10.1 Å². The molecule has 0 saturated heterocycles. The van der Waals surface area contributed by atoms with Crippen molar-refractivity contribution in [3.05, 3.63) is 89.5 Å². The van der Waals surface area contributed by atoms with Gasteiger partial charge in [0.2, 0.25) is 5.89 Å². The van der Waals surface area contributed by atoms with Crippen molar-refractivity contribution in [1.29, 1.82) is 0 Å². The van der Waals surface area contributed by atoms with Crippen molar-refractivity contribution in [3.63, 3.8) is 0 Å². The van der Waals surface area contributed by atoms with Gasteiger partial charge in [-0.2, -0.15) is 0 Å². The number of benzene rings is 3. The number of thiocarbonyl (C=S) groups is 1. The van der Waals surface area contributed by atoms with Gasteiger partial charge in [0.05, 0.1) is 0 Å². The van der Waals surface area contributed by atoms with E-state index in [1.54, 1.807) is 0 Å². The maximum absolute atomic E-state index is 12.4. The highest BCUT2D eigenvalue weighted by molar-refractivity contribution is 7.80. The summed E-state index contributed by atoms with van der Waals surface area (Å²) in [4.78, 5) is 16.9. The first-order chi connectivity index (χ1) is 15.0. The molecule has 5 nitrogen and oxygen atoms in total. The second-order valence-electron chi connectivity index (χ2n) is 7.60. The summed E-state index contributed by atoms with van der Waals surface area (Å²) in [7, 11) is 0. The molecule has 2 N–H and O–H groups in total. The van der Waals surface area contributed by atoms with Crippen LogP contribution in [-0.2, 0) is 6.54 Å². The van der Waals surface area contributed by atoms with Crippen molar-refractivity contribution in [2.24, 2.45) is 0 Å². The summed E-state index contributed by atoms with van der Waals surface area (Å²) in [5.74, 6) is 0.792. The predicted octanol–water partition coefficient (Wildman–Crippen LogP) is 5.42. The summed E-state index contributed by atoms with van der Waals surface area (Å²) in [6, 6.07) is 23.1. The Kier molecular flexibility index (Phi) is 6.09. The number of oxazole rings is 1. The molecule has 0 radical (unpaired) electrons. The third-order valence-electron chi connectivity index (χ3n) is 5.01. The van der Waals surface area contributed by atoms with Gasteiger partial charge in [0, 0.05) is 17.7 Å². The van der Waals surface area contributed by atoms with Gasteiger partial charge in [-0.1, -0.05) is 50.2 Å². The highest BCUT2D eigenvalue weighted by atomic mass is 32.1. The molecular weight excluding hydrogens is 406 g/mol. The zero-order chi connectivity index (χ0) is 21.8. The lowest BCUT2D eigenvalue weighted by atomic mass is 10.0. The van der Waals surface area contributed by atoms with Crippen LogP contribution in [0.4, 0.5) is 0 Å². The van der Waals surface area contributed by atoms with Crippen LogP contribution in [0, 0.1) is 0 Å². The molecule has 4 rings (SSSR count). The molecule has 0 atom stereocenters. The molecular formula is C25H23N3O2S. The number of hydrogen-bond donors (Lipinski definition) is 2. The molecule has 4 aromatic rings. The summed E-state index contributed by atoms with van der Waals surface area (Å²) in [6.45, 7) is 4.74. The number of nitrogens with one attached hydrogen (secondary N) is 2. The van der Waals surface area contributed by atoms with Crippen molar-refractivity contribution >= 4 is 34.3 Å². The van der Waals surface area contributed by atoms with Gasteiger partial charge in [0.25, 0.3) is 5.91 Å². The number of nitrogens with zero attached hydrogens (tertiary/aromatic N) is 1. The molecule has 1 heterocycles. The lowest BCUT2D eigenvalue weighted by Gasteiger charge is -2.11. The third-order valence-corrected chi connectivity index (χ3v) is 5.26. The zero-order valence-corrected chi connectivity index (χ0v) is 18.2. The fourth-order valence-corrected chi connectivity index (χ4v) is 3.35. The minimum absolute atomic E-state index is 0.223. The summed E-state index contributed by atoms with van der Waals surface area (Å²) in [6.07, 6.45) is 0. The second kappa shape index (κ2) is 9.10. The van der Waals surface area contributed by atoms with E-state index in [-0.39, 0.29) is 5.91 Å². The first kappa shape index (κ1) is 20.8. The molecule has 1 amide bonds. The van der Waals surface area contributed by atoms with Crippen molar-refractivity contribution in [3.8, 4) is 11.5 Å². The molecule has 1 aromatic heterocycles. The number of amides is 1. The molecule has 156 valence electrons. The summed E-state index contributed by atoms with van der Waals surface area (Å²) < 4.78 is 5.80. The fraction of sp³-hybridized carbons (Fsp3) is 0.160. The van der Waals surface area contributed by atoms with Gasteiger partial charge in [0.15, 0.2) is 10.7 Å². The monoisotopic (exact) mass is 429 g/mol. The van der Waals surface area contributed by atoms with Crippen LogP contribution in [-0.4, -0.2) is 16.0 Å². The van der Waals surface area contributed by atoms with Crippen LogP contribution in [0.25, 0.3) is 22.6 Å². The Balaban J connectivity index is 1.32. The Labute approximate surface area is 186 Å². The Morgan fingerprint density at radius 3 is 2.39 bits per heavy atom. The maximum Gasteiger partial charge on any atom is 0.257 e. The van der Waals surface area contributed by atoms with Crippen molar-refractivity contribution in [2.75, 3.05) is 0 Å². The quantitative estimate of drug-likeness (QED) is 0.415. The average Bonchev–Trinajstić information content (AvgIpc) is 3.22. The van der Waals surface area contributed by atoms with Crippen LogP contribution in [0.1, 0.15) is 41.3 Å². The molecule has 0 aliphatic heterocycles. The molecule has 0 bridgehead atoms. The molecule has 6 heteroatoms. The van der Waals surface area contributed by atoms with E-state index >= 15 is 0 Å². The number of para-hydroxylation sites is 2. The predicted molar refractivity (Wildman–Crippen MR) is 127 cm³/mol. The number of aromatic nitrogens is 1. The van der Waals surface area contributed by atoms with Gasteiger partial charge in [-0.25, -0.2) is 4.98 Å². The SMILES string of the molecule is CC(C)c1ccc(C(=O)NC(=S)NCc2ccc(-c3nc4ccccc4o3)cc2)cc1. The molecule has 0 spiro atoms. The van der Waals surface area contributed by atoms with Crippen molar-refractivity contribution < 1.29 is 9.21 Å². The number of rotatable bonds is 5. The second-order valence-corrected chi connectivity index (χ2v) is 8.01. The molecule has 0 aliphatic rings. The minimum Gasteiger partial charge on any atom is -0.436 e. The van der Waals surface area contributed by atoms with E-state index in [4.69, 9.17) is 16.6 Å². The van der Waals surface area contributed by atoms with Crippen molar-refractivity contribution in [1.82, 2.24) is 15.6 Å². The molecule has 0 saturated carbocycles. The molecule has 0 fully saturated rings. The molecule has 0 unspecified atom stereocenters. The minimum atomic E-state index is -0.223. The highest BCUT2D eigenvalue weighted by Gasteiger charge is 2.10. The standard InChI is InChI=1S/C25H23N3O2S/c1-16(2)18-11-13-19(14-12-18)23(29)28-25(31)26-15-17-7-9-20(10-8-17)24-27-21-5-3-4-6-22(21)30-24/h3-14,16H,15H2,1-2H3,(H2,26,28,29,31). The normalized spacial score (nSPS) is 10.9. The van der Waals surface area contributed by atoms with Gasteiger partial charge in [0.1, 0.15) is 5.52 Å². The van der Waals surface area contributed by atoms with E-state index in [0.29, 0.717) is 29.0 Å². The molecule has 31 heavy (non-hydrogen) atoms. The van der Waals surface area contributed by atoms with Crippen LogP contribution in [0.3, 0.4) is 0 Å². The van der Waals surface area contributed by atoms with E-state index in [1.807, 2.05) is 72.8 Å². The van der Waals surface area contributed by atoms with E-state index in [2.05, 4.69) is 29.5 Å². The molecule has 3 aromatic carbocycles. The Hall–Kier alpha value is -3.51. The van der Waals surface area contributed by atoms with Crippen LogP contribution in [0.15, 0.2) is 77.2 Å². The van der Waals surface area contributed by atoms with E-state index in [1.165, 1.54) is 5.56 Å². The van der Waals surface area contributed by atoms with E-state index < -0.39 is 0 Å². The first-order valence-electron chi connectivity index (χ1n) is 10.1. The zero-order valence-electron chi connectivity index (χ0n) is 17.4. The smallest absolute Gasteiger partial charge is 0.257 e. The Bertz CT molecular complexity index is 1180. The topological polar surface area (TPSA) is 67.2 Å². The van der Waals surface area contributed by atoms with Gasteiger partial charge >= 0.3 is 0 Å². The summed E-state index contributed by atoms with van der Waals surface area (Å²) in [5.41, 5.74) is 5.31. The van der Waals surface area contributed by atoms with Crippen LogP contribution in [0.5, 0.6) is 0 Å². The van der Waals surface area contributed by atoms with Crippen LogP contribution < -0.4 is 10.6 Å². The van der Waals surface area contributed by atoms with Crippen LogP contribution in [0.2, 0.25) is 0 Å². The van der Waals surface area contributed by atoms with Gasteiger partial charge in [-0.05, 0) is 65.7 Å². The van der Waals surface area contributed by atoms with E-state index in [0.717, 1.165) is 22.2 Å². The van der Waals surface area contributed by atoms with Crippen LogP contribution >= 0.6 is 12.2 Å². The average molecular weight is 430 g/mol. The van der Waals surface area contributed by atoms with Crippen molar-refractivity contribution in [2.45, 2.75) is 26.3 Å². The maximum atomic E-state index is 12.4.